The van der Waals surface area contributed by atoms with Gasteiger partial charge in [0.25, 0.3) is 5.87 Å². The summed E-state index contributed by atoms with van der Waals surface area (Å²) in [5.41, 5.74) is 0. The molecule has 11 heavy (non-hydrogen) atoms. The lowest BCUT2D eigenvalue weighted by Gasteiger charge is -1.91. The molecule has 0 unspecified atom stereocenters. The smallest absolute Gasteiger partial charge is 0.457 e. The molecular formula is C6H15BFNO2. The van der Waals surface area contributed by atoms with Crippen LogP contribution in [0.25, 0.3) is 0 Å². The van der Waals surface area contributed by atoms with Gasteiger partial charge < -0.3 is 14.0 Å². The van der Waals surface area contributed by atoms with E-state index in [1.807, 2.05) is 26.0 Å². The maximum absolute atomic E-state index is 11.1. The Kier molecular flexibility index (Phi) is 11.2. The van der Waals surface area contributed by atoms with Crippen LogP contribution in [0.15, 0.2) is 0 Å². The second-order valence-corrected chi connectivity index (χ2v) is 2.28. The highest BCUT2D eigenvalue weighted by Gasteiger charge is 1.99. The van der Waals surface area contributed by atoms with E-state index in [2.05, 4.69) is 4.74 Å². The highest BCUT2D eigenvalue weighted by Crippen LogP contribution is 1.76. The summed E-state index contributed by atoms with van der Waals surface area (Å²) in [6.07, 6.45) is 0. The van der Waals surface area contributed by atoms with Crippen molar-refractivity contribution >= 4 is 13.4 Å². The number of halogens is 1. The molecule has 3 nitrogen and oxygen atoms in total. The maximum atomic E-state index is 11.1. The third kappa shape index (κ3) is 26.5. The second-order valence-electron chi connectivity index (χ2n) is 2.28. The van der Waals surface area contributed by atoms with Crippen molar-refractivity contribution in [2.75, 3.05) is 27.7 Å². The Bertz CT molecular complexity index is 97.8. The molecule has 0 N–H and O–H groups in total. The minimum absolute atomic E-state index is 0.253. The average molecular weight is 163 g/mol. The van der Waals surface area contributed by atoms with Gasteiger partial charge in [-0.05, 0) is 28.1 Å². The van der Waals surface area contributed by atoms with Crippen LogP contribution in [-0.4, -0.2) is 46.1 Å². The van der Waals surface area contributed by atoms with Crippen molar-refractivity contribution in [1.82, 2.24) is 4.90 Å². The van der Waals surface area contributed by atoms with Crippen molar-refractivity contribution in [2.24, 2.45) is 0 Å². The molecule has 0 heterocycles. The molecule has 0 spiro atoms. The van der Waals surface area contributed by atoms with Gasteiger partial charge in [-0.2, -0.15) is 0 Å². The highest BCUT2D eigenvalue weighted by molar-refractivity contribution is 6.66. The molecular weight excluding hydrogens is 148 g/mol. The number of carbonyl (C=O) groups excluding carboxylic acids is 1. The van der Waals surface area contributed by atoms with Gasteiger partial charge in [0.2, 0.25) is 0 Å². The van der Waals surface area contributed by atoms with Crippen molar-refractivity contribution in [1.29, 1.82) is 0 Å². The van der Waals surface area contributed by atoms with Crippen LogP contribution in [0.5, 0.6) is 0 Å². The molecule has 0 aliphatic heterocycles. The first-order valence-corrected chi connectivity index (χ1v) is 3.37. The average Bonchev–Trinajstić information content (AvgIpc) is 1.87. The van der Waals surface area contributed by atoms with E-state index in [0.717, 1.165) is 0 Å². The fourth-order valence-electron chi connectivity index (χ4n) is 0.200. The van der Waals surface area contributed by atoms with Crippen LogP contribution in [0.1, 0.15) is 6.92 Å². The molecule has 0 bridgehead atoms. The Labute approximate surface area is 67.8 Å². The van der Waals surface area contributed by atoms with E-state index in [0.29, 0.717) is 0 Å². The Morgan fingerprint density at radius 1 is 1.55 bits per heavy atom. The van der Waals surface area contributed by atoms with Crippen molar-refractivity contribution in [3.05, 3.63) is 0 Å². The van der Waals surface area contributed by atoms with Gasteiger partial charge in [0.05, 0.1) is 6.61 Å². The van der Waals surface area contributed by atoms with Gasteiger partial charge in [-0.3, -0.25) is 4.79 Å². The summed E-state index contributed by atoms with van der Waals surface area (Å²) in [6.45, 7) is 1.89. The van der Waals surface area contributed by atoms with Crippen LogP contribution < -0.4 is 0 Å². The highest BCUT2D eigenvalue weighted by atomic mass is 19.1. The first-order valence-electron chi connectivity index (χ1n) is 3.37. The SMILES string of the molecule is CCOC(=O)BF.CN(C)C. The molecule has 0 radical (unpaired) electrons. The minimum atomic E-state index is -1.02. The van der Waals surface area contributed by atoms with Gasteiger partial charge >= 0.3 is 7.56 Å². The number of nitrogens with zero attached hydrogens (tertiary/aromatic N) is 1. The van der Waals surface area contributed by atoms with Crippen LogP contribution in [0, 0.1) is 0 Å². The maximum Gasteiger partial charge on any atom is 0.457 e. The van der Waals surface area contributed by atoms with Crippen molar-refractivity contribution < 1.29 is 13.8 Å². The number of hydrogen-bond donors (Lipinski definition) is 0. The van der Waals surface area contributed by atoms with E-state index in [1.54, 1.807) is 6.92 Å². The molecule has 0 aromatic carbocycles. The molecule has 0 rings (SSSR count). The van der Waals surface area contributed by atoms with E-state index in [-0.39, 0.29) is 6.61 Å². The summed E-state index contributed by atoms with van der Waals surface area (Å²) in [5, 5.41) is 0. The molecule has 0 atom stereocenters. The third-order valence-corrected chi connectivity index (χ3v) is 0.414. The summed E-state index contributed by atoms with van der Waals surface area (Å²) < 4.78 is 15.3. The van der Waals surface area contributed by atoms with Gasteiger partial charge in [-0.15, -0.1) is 0 Å². The van der Waals surface area contributed by atoms with Crippen molar-refractivity contribution in [2.45, 2.75) is 6.92 Å². The lowest BCUT2D eigenvalue weighted by molar-refractivity contribution is 0.177. The second kappa shape index (κ2) is 9.42. The summed E-state index contributed by atoms with van der Waals surface area (Å²) in [7, 11) is 4.98. The number of carbonyl (C=O) groups is 1. The van der Waals surface area contributed by atoms with Gasteiger partial charge in [-0.1, -0.05) is 0 Å². The zero-order valence-corrected chi connectivity index (χ0v) is 7.56. The van der Waals surface area contributed by atoms with Crippen molar-refractivity contribution in [3.8, 4) is 0 Å². The van der Waals surface area contributed by atoms with Crippen LogP contribution >= 0.6 is 0 Å². The fraction of sp³-hybridized carbons (Fsp3) is 0.833. The van der Waals surface area contributed by atoms with Crippen LogP contribution in [-0.2, 0) is 4.74 Å². The van der Waals surface area contributed by atoms with Crippen LogP contribution in [0.3, 0.4) is 0 Å². The predicted molar refractivity (Wildman–Crippen MR) is 44.9 cm³/mol. The molecule has 0 fully saturated rings. The molecule has 0 aliphatic carbocycles. The molecule has 0 amide bonds. The Morgan fingerprint density at radius 2 is 1.91 bits per heavy atom. The summed E-state index contributed by atoms with van der Waals surface area (Å²) in [4.78, 5) is 11.8. The third-order valence-electron chi connectivity index (χ3n) is 0.414. The lowest BCUT2D eigenvalue weighted by atomic mass is 10.1. The molecule has 0 aromatic rings. The lowest BCUT2D eigenvalue weighted by Crippen LogP contribution is -2.05. The topological polar surface area (TPSA) is 29.5 Å². The Balaban J connectivity index is 0. The quantitative estimate of drug-likeness (QED) is 0.559. The zero-order valence-electron chi connectivity index (χ0n) is 7.56. The van der Waals surface area contributed by atoms with E-state index in [9.17, 15) is 9.11 Å². The number of rotatable bonds is 2. The molecule has 0 saturated heterocycles. The monoisotopic (exact) mass is 163 g/mol. The van der Waals surface area contributed by atoms with E-state index in [4.69, 9.17) is 0 Å². The van der Waals surface area contributed by atoms with Crippen LogP contribution in [0.4, 0.5) is 9.11 Å². The Morgan fingerprint density at radius 3 is 2.00 bits per heavy atom. The normalized spacial score (nSPS) is 8.18. The molecule has 0 aromatic heterocycles. The molecule has 5 heteroatoms. The van der Waals surface area contributed by atoms with E-state index >= 15 is 0 Å². The van der Waals surface area contributed by atoms with Crippen LogP contribution in [0.2, 0.25) is 0 Å². The first kappa shape index (κ1) is 13.0. The minimum Gasteiger partial charge on any atom is -0.472 e. The first-order chi connectivity index (χ1) is 5.04. The predicted octanol–water partition coefficient (Wildman–Crippen LogP) is 0.642. The number of ether oxygens (including phenoxy) is 1. The molecule has 0 saturated carbocycles. The molecule has 0 aliphatic rings. The summed E-state index contributed by atoms with van der Waals surface area (Å²) in [6, 6.07) is 0. The Hall–Kier alpha value is -0.575. The summed E-state index contributed by atoms with van der Waals surface area (Å²) in [5.74, 6) is -0.789. The largest absolute Gasteiger partial charge is 0.472 e. The fourth-order valence-corrected chi connectivity index (χ4v) is 0.200. The number of hydrogen-bond acceptors (Lipinski definition) is 3. The van der Waals surface area contributed by atoms with Gasteiger partial charge in [0.1, 0.15) is 0 Å². The van der Waals surface area contributed by atoms with Gasteiger partial charge in [0, 0.05) is 0 Å². The van der Waals surface area contributed by atoms with Gasteiger partial charge in [0.15, 0.2) is 0 Å². The zero-order chi connectivity index (χ0) is 9.28. The molecule has 66 valence electrons. The van der Waals surface area contributed by atoms with E-state index in [1.165, 1.54) is 0 Å². The van der Waals surface area contributed by atoms with Gasteiger partial charge in [-0.25, -0.2) is 0 Å². The standard InChI is InChI=1S/C3H6BFO2.C3H9N/c1-2-7-3(6)4-5;1-4(2)3/h4H,2H2,1H3;1-3H3. The summed E-state index contributed by atoms with van der Waals surface area (Å²) >= 11 is 0. The van der Waals surface area contributed by atoms with Crippen molar-refractivity contribution in [3.63, 3.8) is 0 Å². The van der Waals surface area contributed by atoms with E-state index < -0.39 is 13.4 Å².